The number of fused-ring (bicyclic) bond motifs is 1. The zero-order chi connectivity index (χ0) is 22.0. The van der Waals surface area contributed by atoms with Crippen molar-refractivity contribution in [2.24, 2.45) is 5.10 Å². The number of methoxy groups -OCH3 is 1. The van der Waals surface area contributed by atoms with Gasteiger partial charge in [0.25, 0.3) is 0 Å². The van der Waals surface area contributed by atoms with E-state index < -0.39 is 0 Å². The Morgan fingerprint density at radius 1 is 1.16 bits per heavy atom. The molecule has 0 spiro atoms. The summed E-state index contributed by atoms with van der Waals surface area (Å²) in [6.07, 6.45) is 1.79. The topological polar surface area (TPSA) is 73.4 Å². The summed E-state index contributed by atoms with van der Waals surface area (Å²) in [4.78, 5) is 16.5. The van der Waals surface area contributed by atoms with E-state index in [1.165, 1.54) is 7.11 Å². The van der Waals surface area contributed by atoms with Gasteiger partial charge in [-0.1, -0.05) is 18.2 Å². The summed E-state index contributed by atoms with van der Waals surface area (Å²) < 4.78 is 9.03. The van der Waals surface area contributed by atoms with Crippen LogP contribution in [0.25, 0.3) is 16.7 Å². The van der Waals surface area contributed by atoms with Gasteiger partial charge in [-0.25, -0.2) is 15.2 Å². The minimum absolute atomic E-state index is 0.353. The van der Waals surface area contributed by atoms with E-state index in [0.717, 1.165) is 40.2 Å². The standard InChI is InChI=1S/C24H25N5O2/c1-5-28-22-12-7-6-11-21(22)26-24(28)27-25-15-19-13-16(2)29(17(19)3)20-10-8-9-18(14-20)23(30)31-4/h6-15H,5H2,1-4H3,(H,26,27)/b25-15-. The number of imidazole rings is 1. The van der Waals surface area contributed by atoms with Crippen molar-refractivity contribution in [3.8, 4) is 5.69 Å². The Morgan fingerprint density at radius 2 is 1.97 bits per heavy atom. The molecule has 0 fully saturated rings. The quantitative estimate of drug-likeness (QED) is 0.282. The first-order valence-electron chi connectivity index (χ1n) is 10.2. The molecule has 0 saturated heterocycles. The summed E-state index contributed by atoms with van der Waals surface area (Å²) in [6, 6.07) is 17.5. The van der Waals surface area contributed by atoms with E-state index in [-0.39, 0.29) is 5.97 Å². The fourth-order valence-corrected chi connectivity index (χ4v) is 3.85. The number of carbonyl (C=O) groups excluding carboxylic acids is 1. The van der Waals surface area contributed by atoms with E-state index in [2.05, 4.69) is 43.7 Å². The molecular weight excluding hydrogens is 390 g/mol. The first kappa shape index (κ1) is 20.4. The predicted molar refractivity (Wildman–Crippen MR) is 123 cm³/mol. The molecule has 0 aliphatic heterocycles. The summed E-state index contributed by atoms with van der Waals surface area (Å²) in [7, 11) is 1.38. The number of aryl methyl sites for hydroxylation is 2. The van der Waals surface area contributed by atoms with Crippen LogP contribution in [0.2, 0.25) is 0 Å². The van der Waals surface area contributed by atoms with Crippen LogP contribution >= 0.6 is 0 Å². The highest BCUT2D eigenvalue weighted by atomic mass is 16.5. The van der Waals surface area contributed by atoms with Gasteiger partial charge >= 0.3 is 5.97 Å². The number of nitrogens with one attached hydrogen (secondary N) is 1. The molecule has 0 unspecified atom stereocenters. The third kappa shape index (κ3) is 3.82. The highest BCUT2D eigenvalue weighted by Crippen LogP contribution is 2.22. The second kappa shape index (κ2) is 8.47. The molecule has 0 saturated carbocycles. The molecule has 0 radical (unpaired) electrons. The van der Waals surface area contributed by atoms with Gasteiger partial charge < -0.3 is 13.9 Å². The smallest absolute Gasteiger partial charge is 0.337 e. The Labute approximate surface area is 181 Å². The zero-order valence-electron chi connectivity index (χ0n) is 18.1. The average molecular weight is 415 g/mol. The van der Waals surface area contributed by atoms with Gasteiger partial charge in [0.05, 0.1) is 29.9 Å². The van der Waals surface area contributed by atoms with E-state index >= 15 is 0 Å². The lowest BCUT2D eigenvalue weighted by atomic mass is 10.2. The van der Waals surface area contributed by atoms with Crippen molar-refractivity contribution < 1.29 is 9.53 Å². The highest BCUT2D eigenvalue weighted by molar-refractivity contribution is 5.90. The van der Waals surface area contributed by atoms with Gasteiger partial charge in [-0.2, -0.15) is 5.10 Å². The van der Waals surface area contributed by atoms with Crippen molar-refractivity contribution >= 4 is 29.2 Å². The molecule has 1 N–H and O–H groups in total. The van der Waals surface area contributed by atoms with Crippen LogP contribution in [0.1, 0.15) is 34.2 Å². The largest absolute Gasteiger partial charge is 0.465 e. The van der Waals surface area contributed by atoms with Crippen molar-refractivity contribution in [1.82, 2.24) is 14.1 Å². The second-order valence-electron chi connectivity index (χ2n) is 7.24. The number of nitrogens with zero attached hydrogens (tertiary/aromatic N) is 4. The molecule has 0 amide bonds. The van der Waals surface area contributed by atoms with Gasteiger partial charge in [0.15, 0.2) is 0 Å². The molecular formula is C24H25N5O2. The van der Waals surface area contributed by atoms with Crippen molar-refractivity contribution in [3.63, 3.8) is 0 Å². The monoisotopic (exact) mass is 415 g/mol. The minimum atomic E-state index is -0.353. The fraction of sp³-hybridized carbons (Fsp3) is 0.208. The normalized spacial score (nSPS) is 11.4. The van der Waals surface area contributed by atoms with Crippen molar-refractivity contribution in [1.29, 1.82) is 0 Å². The van der Waals surface area contributed by atoms with E-state index in [1.807, 2.05) is 50.2 Å². The van der Waals surface area contributed by atoms with Gasteiger partial charge in [-0.05, 0) is 57.2 Å². The third-order valence-corrected chi connectivity index (χ3v) is 5.33. The molecule has 2 aromatic carbocycles. The lowest BCUT2D eigenvalue weighted by molar-refractivity contribution is 0.0600. The first-order valence-corrected chi connectivity index (χ1v) is 10.2. The van der Waals surface area contributed by atoms with Crippen molar-refractivity contribution in [2.75, 3.05) is 12.5 Å². The SMILES string of the molecule is CCn1c(N/N=C\c2cc(C)n(-c3cccc(C(=O)OC)c3)c2C)nc2ccccc21. The summed E-state index contributed by atoms with van der Waals surface area (Å²) in [6.45, 7) is 6.93. The van der Waals surface area contributed by atoms with Gasteiger partial charge in [-0.15, -0.1) is 0 Å². The molecule has 0 aliphatic rings. The van der Waals surface area contributed by atoms with Crippen LogP contribution in [0.4, 0.5) is 5.95 Å². The minimum Gasteiger partial charge on any atom is -0.465 e. The number of para-hydroxylation sites is 2. The van der Waals surface area contributed by atoms with Crippen LogP contribution in [-0.4, -0.2) is 33.4 Å². The molecule has 0 aliphatic carbocycles. The predicted octanol–water partition coefficient (Wildman–Crippen LogP) is 4.70. The first-order chi connectivity index (χ1) is 15.0. The Morgan fingerprint density at radius 3 is 2.74 bits per heavy atom. The number of esters is 1. The molecule has 0 atom stereocenters. The molecule has 4 rings (SSSR count). The van der Waals surface area contributed by atoms with Crippen LogP contribution in [0.5, 0.6) is 0 Å². The van der Waals surface area contributed by atoms with Crippen LogP contribution in [0.15, 0.2) is 59.7 Å². The number of hydrogen-bond acceptors (Lipinski definition) is 5. The number of benzene rings is 2. The van der Waals surface area contributed by atoms with Gasteiger partial charge in [0, 0.05) is 29.2 Å². The molecule has 31 heavy (non-hydrogen) atoms. The number of hydrogen-bond donors (Lipinski definition) is 1. The Bertz CT molecular complexity index is 1280. The lowest BCUT2D eigenvalue weighted by Gasteiger charge is -2.11. The molecule has 4 aromatic rings. The second-order valence-corrected chi connectivity index (χ2v) is 7.24. The van der Waals surface area contributed by atoms with E-state index in [1.54, 1.807) is 12.3 Å². The number of aromatic nitrogens is 3. The Hall–Kier alpha value is -3.87. The maximum atomic E-state index is 11.9. The van der Waals surface area contributed by atoms with Gasteiger partial charge in [0.2, 0.25) is 5.95 Å². The maximum Gasteiger partial charge on any atom is 0.337 e. The molecule has 0 bridgehead atoms. The number of ether oxygens (including phenoxy) is 1. The average Bonchev–Trinajstić information content (AvgIpc) is 3.29. The summed E-state index contributed by atoms with van der Waals surface area (Å²) in [5.74, 6) is 0.355. The molecule has 7 nitrogen and oxygen atoms in total. The van der Waals surface area contributed by atoms with Crippen LogP contribution in [0, 0.1) is 13.8 Å². The number of rotatable bonds is 6. The molecule has 7 heteroatoms. The summed E-state index contributed by atoms with van der Waals surface area (Å²) in [5.41, 5.74) is 9.55. The van der Waals surface area contributed by atoms with Gasteiger partial charge in [-0.3, -0.25) is 0 Å². The zero-order valence-corrected chi connectivity index (χ0v) is 18.1. The summed E-state index contributed by atoms with van der Waals surface area (Å²) in [5, 5.41) is 4.44. The number of carbonyl (C=O) groups is 1. The molecule has 2 heterocycles. The molecule has 2 aromatic heterocycles. The van der Waals surface area contributed by atoms with E-state index in [4.69, 9.17) is 4.74 Å². The Balaban J connectivity index is 1.61. The van der Waals surface area contributed by atoms with E-state index in [9.17, 15) is 4.79 Å². The number of anilines is 1. The fourth-order valence-electron chi connectivity index (χ4n) is 3.85. The summed E-state index contributed by atoms with van der Waals surface area (Å²) >= 11 is 0. The van der Waals surface area contributed by atoms with Crippen LogP contribution in [-0.2, 0) is 11.3 Å². The number of hydrazone groups is 1. The Kier molecular flexibility index (Phi) is 5.58. The highest BCUT2D eigenvalue weighted by Gasteiger charge is 2.13. The maximum absolute atomic E-state index is 11.9. The van der Waals surface area contributed by atoms with Crippen LogP contribution < -0.4 is 5.43 Å². The van der Waals surface area contributed by atoms with Crippen LogP contribution in [0.3, 0.4) is 0 Å². The third-order valence-electron chi connectivity index (χ3n) is 5.33. The molecule has 158 valence electrons. The van der Waals surface area contributed by atoms with Crippen molar-refractivity contribution in [2.45, 2.75) is 27.3 Å². The van der Waals surface area contributed by atoms with Gasteiger partial charge in [0.1, 0.15) is 0 Å². The van der Waals surface area contributed by atoms with Crippen molar-refractivity contribution in [3.05, 3.63) is 77.1 Å². The van der Waals surface area contributed by atoms with E-state index in [0.29, 0.717) is 11.5 Å². The lowest BCUT2D eigenvalue weighted by Crippen LogP contribution is -2.05.